The third kappa shape index (κ3) is 1.62. The van der Waals surface area contributed by atoms with Gasteiger partial charge in [-0.25, -0.2) is 0 Å². The second-order valence-corrected chi connectivity index (χ2v) is 2.82. The topological polar surface area (TPSA) is 36.7 Å². The minimum absolute atomic E-state index is 0.618. The lowest BCUT2D eigenvalue weighted by Gasteiger charge is -1.98. The highest BCUT2D eigenvalue weighted by molar-refractivity contribution is 5.59. The van der Waals surface area contributed by atoms with E-state index in [4.69, 9.17) is 5.26 Å². The summed E-state index contributed by atoms with van der Waals surface area (Å²) in [6.07, 6.45) is 1.63. The molecule has 0 saturated carbocycles. The third-order valence-electron chi connectivity index (χ3n) is 1.87. The maximum absolute atomic E-state index is 8.72. The van der Waals surface area contributed by atoms with E-state index in [1.807, 2.05) is 24.3 Å². The number of hydrogen-bond donors (Lipinski definition) is 0. The van der Waals surface area contributed by atoms with Crippen molar-refractivity contribution in [1.82, 2.24) is 4.98 Å². The highest BCUT2D eigenvalue weighted by atomic mass is 14.7. The number of nitriles is 1. The fourth-order valence-electron chi connectivity index (χ4n) is 1.20. The van der Waals surface area contributed by atoms with Crippen molar-refractivity contribution in [2.24, 2.45) is 0 Å². The Morgan fingerprint density at radius 2 is 2.21 bits per heavy atom. The standard InChI is InChI=1S/C12H7N2/c13-9-10-6-7-14-12(8-10)11-4-2-1-3-5-11/h1-4,6-8H. The molecule has 1 radical (unpaired) electrons. The summed E-state index contributed by atoms with van der Waals surface area (Å²) in [7, 11) is 0. The number of benzene rings is 1. The molecule has 0 spiro atoms. The van der Waals surface area contributed by atoms with Gasteiger partial charge < -0.3 is 0 Å². The summed E-state index contributed by atoms with van der Waals surface area (Å²) in [5, 5.41) is 8.72. The van der Waals surface area contributed by atoms with Crippen LogP contribution in [0.25, 0.3) is 11.3 Å². The highest BCUT2D eigenvalue weighted by Gasteiger charge is 1.98. The predicted octanol–water partition coefficient (Wildman–Crippen LogP) is 2.42. The number of nitrogens with zero attached hydrogens (tertiary/aromatic N) is 2. The second kappa shape index (κ2) is 3.71. The molecule has 0 aliphatic heterocycles. The van der Waals surface area contributed by atoms with Gasteiger partial charge >= 0.3 is 0 Å². The van der Waals surface area contributed by atoms with Crippen LogP contribution in [0.4, 0.5) is 0 Å². The van der Waals surface area contributed by atoms with Crippen molar-refractivity contribution in [2.75, 3.05) is 0 Å². The van der Waals surface area contributed by atoms with E-state index in [-0.39, 0.29) is 0 Å². The van der Waals surface area contributed by atoms with Gasteiger partial charge in [0, 0.05) is 11.8 Å². The molecule has 2 heteroatoms. The largest absolute Gasteiger partial charge is 0.256 e. The van der Waals surface area contributed by atoms with Crippen molar-refractivity contribution in [1.29, 1.82) is 5.26 Å². The molecule has 0 aliphatic rings. The highest BCUT2D eigenvalue weighted by Crippen LogP contribution is 2.15. The van der Waals surface area contributed by atoms with Crippen LogP contribution >= 0.6 is 0 Å². The van der Waals surface area contributed by atoms with Gasteiger partial charge in [-0.05, 0) is 18.2 Å². The predicted molar refractivity (Wildman–Crippen MR) is 53.2 cm³/mol. The van der Waals surface area contributed by atoms with Gasteiger partial charge in [0.1, 0.15) is 0 Å². The van der Waals surface area contributed by atoms with Crippen molar-refractivity contribution in [3.05, 3.63) is 54.2 Å². The Morgan fingerprint density at radius 1 is 1.29 bits per heavy atom. The van der Waals surface area contributed by atoms with Crippen molar-refractivity contribution < 1.29 is 0 Å². The van der Waals surface area contributed by atoms with E-state index in [9.17, 15) is 0 Å². The molecule has 0 unspecified atom stereocenters. The maximum atomic E-state index is 8.72. The van der Waals surface area contributed by atoms with Gasteiger partial charge in [-0.2, -0.15) is 5.26 Å². The molecule has 0 N–H and O–H groups in total. The Balaban J connectivity index is 2.49. The maximum Gasteiger partial charge on any atom is 0.0992 e. The first-order valence-corrected chi connectivity index (χ1v) is 4.23. The van der Waals surface area contributed by atoms with Crippen LogP contribution in [0.15, 0.2) is 42.6 Å². The van der Waals surface area contributed by atoms with Gasteiger partial charge in [0.15, 0.2) is 0 Å². The molecule has 2 aromatic rings. The fourth-order valence-corrected chi connectivity index (χ4v) is 1.20. The molecule has 1 aromatic carbocycles. The van der Waals surface area contributed by atoms with E-state index in [1.54, 1.807) is 18.3 Å². The average Bonchev–Trinajstić information content (AvgIpc) is 2.30. The van der Waals surface area contributed by atoms with Gasteiger partial charge in [0.25, 0.3) is 0 Å². The Kier molecular flexibility index (Phi) is 2.24. The molecule has 0 fully saturated rings. The zero-order chi connectivity index (χ0) is 9.80. The molecule has 0 atom stereocenters. The first-order valence-electron chi connectivity index (χ1n) is 4.23. The average molecular weight is 179 g/mol. The fraction of sp³-hybridized carbons (Fsp3) is 0. The molecular weight excluding hydrogens is 172 g/mol. The Labute approximate surface area is 82.5 Å². The van der Waals surface area contributed by atoms with E-state index in [0.29, 0.717) is 5.56 Å². The van der Waals surface area contributed by atoms with Crippen molar-refractivity contribution >= 4 is 0 Å². The van der Waals surface area contributed by atoms with Crippen LogP contribution in [0, 0.1) is 17.4 Å². The van der Waals surface area contributed by atoms with E-state index in [2.05, 4.69) is 17.1 Å². The van der Waals surface area contributed by atoms with Gasteiger partial charge in [0.2, 0.25) is 0 Å². The van der Waals surface area contributed by atoms with Crippen LogP contribution in [-0.4, -0.2) is 4.98 Å². The summed E-state index contributed by atoms with van der Waals surface area (Å²) >= 11 is 0. The summed E-state index contributed by atoms with van der Waals surface area (Å²) in [6, 6.07) is 16.2. The van der Waals surface area contributed by atoms with Gasteiger partial charge in [-0.1, -0.05) is 24.3 Å². The van der Waals surface area contributed by atoms with E-state index in [0.717, 1.165) is 11.3 Å². The van der Waals surface area contributed by atoms with Gasteiger partial charge in [-0.3, -0.25) is 4.98 Å². The summed E-state index contributed by atoms with van der Waals surface area (Å²) < 4.78 is 0. The summed E-state index contributed by atoms with van der Waals surface area (Å²) in [5.74, 6) is 0. The SMILES string of the molecule is N#Cc1ccnc(-c2[c]cccc2)c1. The molecule has 0 bridgehead atoms. The molecule has 0 saturated heterocycles. The summed E-state index contributed by atoms with van der Waals surface area (Å²) in [5.41, 5.74) is 2.31. The van der Waals surface area contributed by atoms with Crippen LogP contribution in [0.3, 0.4) is 0 Å². The van der Waals surface area contributed by atoms with Crippen molar-refractivity contribution in [2.45, 2.75) is 0 Å². The lowest BCUT2D eigenvalue weighted by molar-refractivity contribution is 1.31. The quantitative estimate of drug-likeness (QED) is 0.674. The molecule has 2 rings (SSSR count). The molecule has 65 valence electrons. The molecule has 1 heterocycles. The molecule has 0 amide bonds. The zero-order valence-electron chi connectivity index (χ0n) is 7.44. The first kappa shape index (κ1) is 8.46. The van der Waals surface area contributed by atoms with Crippen LogP contribution in [0.1, 0.15) is 5.56 Å². The third-order valence-corrected chi connectivity index (χ3v) is 1.87. The minimum atomic E-state index is 0.618. The number of aromatic nitrogens is 1. The summed E-state index contributed by atoms with van der Waals surface area (Å²) in [4.78, 5) is 4.18. The van der Waals surface area contributed by atoms with Gasteiger partial charge in [0.05, 0.1) is 17.3 Å². The zero-order valence-corrected chi connectivity index (χ0v) is 7.44. The number of pyridine rings is 1. The van der Waals surface area contributed by atoms with E-state index < -0.39 is 0 Å². The van der Waals surface area contributed by atoms with E-state index in [1.165, 1.54) is 0 Å². The minimum Gasteiger partial charge on any atom is -0.256 e. The van der Waals surface area contributed by atoms with Gasteiger partial charge in [-0.15, -0.1) is 0 Å². The normalized spacial score (nSPS) is 9.36. The van der Waals surface area contributed by atoms with Crippen LogP contribution < -0.4 is 0 Å². The summed E-state index contributed by atoms with van der Waals surface area (Å²) in [6.45, 7) is 0. The molecule has 14 heavy (non-hydrogen) atoms. The Bertz CT molecular complexity index is 469. The van der Waals surface area contributed by atoms with Crippen LogP contribution in [-0.2, 0) is 0 Å². The number of hydrogen-bond acceptors (Lipinski definition) is 2. The second-order valence-electron chi connectivity index (χ2n) is 2.82. The smallest absolute Gasteiger partial charge is 0.0992 e. The lowest BCUT2D eigenvalue weighted by Crippen LogP contribution is -1.84. The molecular formula is C12H7N2. The Morgan fingerprint density at radius 3 is 2.93 bits per heavy atom. The first-order chi connectivity index (χ1) is 6.90. The van der Waals surface area contributed by atoms with Crippen molar-refractivity contribution in [3.8, 4) is 17.3 Å². The molecule has 0 aliphatic carbocycles. The Hall–Kier alpha value is -2.14. The number of rotatable bonds is 1. The molecule has 1 aromatic heterocycles. The molecule has 2 nitrogen and oxygen atoms in total. The van der Waals surface area contributed by atoms with Crippen LogP contribution in [0.2, 0.25) is 0 Å². The lowest BCUT2D eigenvalue weighted by atomic mass is 10.1. The van der Waals surface area contributed by atoms with Crippen LogP contribution in [0.5, 0.6) is 0 Å². The van der Waals surface area contributed by atoms with E-state index >= 15 is 0 Å². The van der Waals surface area contributed by atoms with Crippen molar-refractivity contribution in [3.63, 3.8) is 0 Å². The monoisotopic (exact) mass is 179 g/mol.